The van der Waals surface area contributed by atoms with E-state index in [1.54, 1.807) is 6.20 Å². The molecule has 1 N–H and O–H groups in total. The Bertz CT molecular complexity index is 831. The number of piperidine rings is 2. The molecule has 2 saturated heterocycles. The van der Waals surface area contributed by atoms with Crippen LogP contribution in [0.2, 0.25) is 0 Å². The van der Waals surface area contributed by atoms with E-state index in [9.17, 15) is 4.39 Å². The Morgan fingerprint density at radius 1 is 1.14 bits per heavy atom. The van der Waals surface area contributed by atoms with Gasteiger partial charge in [0.2, 0.25) is 0 Å². The fourth-order valence-corrected chi connectivity index (χ4v) is 3.80. The molecule has 4 nitrogen and oxygen atoms in total. The number of halogens is 1. The highest BCUT2D eigenvalue weighted by atomic mass is 19.1. The molecular weight excluding hydrogens is 267 g/mol. The monoisotopic (exact) mass is 282 g/mol. The maximum atomic E-state index is 13.6. The SMILES string of the molecule is FC1C2CC1CN(c1ccc3c(n1)[nH]c1ccncc13)C2. The number of anilines is 1. The first kappa shape index (κ1) is 11.5. The van der Waals surface area contributed by atoms with Crippen molar-refractivity contribution in [2.24, 2.45) is 11.8 Å². The minimum Gasteiger partial charge on any atom is -0.356 e. The molecule has 3 aromatic heterocycles. The van der Waals surface area contributed by atoms with Crippen LogP contribution in [0.15, 0.2) is 30.6 Å². The van der Waals surface area contributed by atoms with Gasteiger partial charge in [-0.3, -0.25) is 4.98 Å². The predicted octanol–water partition coefficient (Wildman–Crippen LogP) is 2.91. The van der Waals surface area contributed by atoms with Gasteiger partial charge in [-0.25, -0.2) is 9.37 Å². The molecule has 0 aromatic carbocycles. The van der Waals surface area contributed by atoms with Crippen molar-refractivity contribution in [2.45, 2.75) is 12.6 Å². The Hall–Kier alpha value is -2.17. The molecule has 3 fully saturated rings. The van der Waals surface area contributed by atoms with Crippen LogP contribution in [0.3, 0.4) is 0 Å². The van der Waals surface area contributed by atoms with Crippen LogP contribution < -0.4 is 4.90 Å². The lowest BCUT2D eigenvalue weighted by Gasteiger charge is -2.50. The summed E-state index contributed by atoms with van der Waals surface area (Å²) in [6, 6.07) is 6.09. The zero-order chi connectivity index (χ0) is 14.0. The largest absolute Gasteiger partial charge is 0.356 e. The lowest BCUT2D eigenvalue weighted by atomic mass is 9.69. The third-order valence-electron chi connectivity index (χ3n) is 4.98. The van der Waals surface area contributed by atoms with E-state index in [4.69, 9.17) is 4.98 Å². The summed E-state index contributed by atoms with van der Waals surface area (Å²) in [5.74, 6) is 1.35. The van der Waals surface area contributed by atoms with Crippen molar-refractivity contribution in [3.05, 3.63) is 30.6 Å². The molecule has 0 amide bonds. The van der Waals surface area contributed by atoms with Gasteiger partial charge in [0.05, 0.1) is 5.52 Å². The Balaban J connectivity index is 1.57. The molecule has 2 aliphatic heterocycles. The van der Waals surface area contributed by atoms with Gasteiger partial charge in [0.15, 0.2) is 0 Å². The summed E-state index contributed by atoms with van der Waals surface area (Å²) in [4.78, 5) is 14.5. The molecule has 5 heteroatoms. The molecule has 2 unspecified atom stereocenters. The minimum atomic E-state index is -0.593. The number of hydrogen-bond donors (Lipinski definition) is 1. The normalized spacial score (nSPS) is 28.0. The van der Waals surface area contributed by atoms with Crippen LogP contribution in [0.25, 0.3) is 21.9 Å². The average molecular weight is 282 g/mol. The molecule has 2 atom stereocenters. The summed E-state index contributed by atoms with van der Waals surface area (Å²) in [5, 5.41) is 2.18. The average Bonchev–Trinajstić information content (AvgIpc) is 2.92. The summed E-state index contributed by atoms with van der Waals surface area (Å²) >= 11 is 0. The van der Waals surface area contributed by atoms with Crippen LogP contribution in [0.1, 0.15) is 6.42 Å². The molecule has 5 heterocycles. The standard InChI is InChI=1S/C16H15FN4/c17-15-9-5-10(15)8-21(7-9)14-2-1-11-12-6-18-4-3-13(12)19-16(11)20-14/h1-4,6,9-10,15H,5,7-8H2,(H,19,20). The Morgan fingerprint density at radius 2 is 2.00 bits per heavy atom. The topological polar surface area (TPSA) is 44.8 Å². The number of aromatic amines is 1. The Kier molecular flexibility index (Phi) is 2.15. The van der Waals surface area contributed by atoms with Gasteiger partial charge < -0.3 is 9.88 Å². The second-order valence-electron chi connectivity index (χ2n) is 6.22. The van der Waals surface area contributed by atoms with E-state index in [0.717, 1.165) is 47.3 Å². The van der Waals surface area contributed by atoms with Crippen molar-refractivity contribution in [3.63, 3.8) is 0 Å². The quantitative estimate of drug-likeness (QED) is 0.746. The third kappa shape index (κ3) is 1.54. The molecular formula is C16H15FN4. The van der Waals surface area contributed by atoms with Crippen LogP contribution in [0.5, 0.6) is 0 Å². The number of nitrogens with zero attached hydrogens (tertiary/aromatic N) is 3. The second-order valence-corrected chi connectivity index (χ2v) is 6.22. The smallest absolute Gasteiger partial charge is 0.140 e. The summed E-state index contributed by atoms with van der Waals surface area (Å²) in [6.07, 6.45) is 4.08. The van der Waals surface area contributed by atoms with Gasteiger partial charge in [-0.1, -0.05) is 0 Å². The maximum Gasteiger partial charge on any atom is 0.140 e. The molecule has 3 aromatic rings. The van der Waals surface area contributed by atoms with Gasteiger partial charge in [-0.15, -0.1) is 0 Å². The summed E-state index contributed by atoms with van der Waals surface area (Å²) in [6.45, 7) is 1.58. The van der Waals surface area contributed by atoms with Crippen LogP contribution >= 0.6 is 0 Å². The second kappa shape index (κ2) is 3.93. The number of rotatable bonds is 1. The minimum absolute atomic E-state index is 0.202. The Labute approximate surface area is 121 Å². The van der Waals surface area contributed by atoms with Crippen molar-refractivity contribution in [1.29, 1.82) is 0 Å². The number of H-pyrrole nitrogens is 1. The van der Waals surface area contributed by atoms with E-state index in [0.29, 0.717) is 0 Å². The Morgan fingerprint density at radius 3 is 2.81 bits per heavy atom. The number of fused-ring (bicyclic) bond motifs is 5. The summed E-state index contributed by atoms with van der Waals surface area (Å²) < 4.78 is 13.6. The van der Waals surface area contributed by atoms with Crippen LogP contribution in [0.4, 0.5) is 10.2 Å². The lowest BCUT2D eigenvalue weighted by molar-refractivity contribution is 0.0125. The van der Waals surface area contributed by atoms with E-state index in [2.05, 4.69) is 20.9 Å². The van der Waals surface area contributed by atoms with E-state index in [1.807, 2.05) is 18.3 Å². The molecule has 6 rings (SSSR count). The third-order valence-corrected chi connectivity index (χ3v) is 4.98. The van der Waals surface area contributed by atoms with Crippen LogP contribution in [0, 0.1) is 11.8 Å². The van der Waals surface area contributed by atoms with Crippen molar-refractivity contribution in [1.82, 2.24) is 15.0 Å². The number of aromatic nitrogens is 3. The van der Waals surface area contributed by atoms with E-state index < -0.39 is 6.17 Å². The highest BCUT2D eigenvalue weighted by Crippen LogP contribution is 2.43. The van der Waals surface area contributed by atoms with Crippen molar-refractivity contribution in [3.8, 4) is 0 Å². The fraction of sp³-hybridized carbons (Fsp3) is 0.375. The number of nitrogens with one attached hydrogen (secondary N) is 1. The number of alkyl halides is 1. The van der Waals surface area contributed by atoms with E-state index >= 15 is 0 Å². The van der Waals surface area contributed by atoms with Crippen molar-refractivity contribution >= 4 is 27.8 Å². The predicted molar refractivity (Wildman–Crippen MR) is 80.1 cm³/mol. The van der Waals surface area contributed by atoms with Gasteiger partial charge in [-0.2, -0.15) is 0 Å². The maximum absolute atomic E-state index is 13.6. The van der Waals surface area contributed by atoms with Crippen molar-refractivity contribution in [2.75, 3.05) is 18.0 Å². The molecule has 3 aliphatic rings. The van der Waals surface area contributed by atoms with Gasteiger partial charge in [-0.05, 0) is 24.6 Å². The number of pyridine rings is 2. The lowest BCUT2D eigenvalue weighted by Crippen LogP contribution is -2.56. The molecule has 1 saturated carbocycles. The first-order valence-electron chi connectivity index (χ1n) is 7.41. The molecule has 0 radical (unpaired) electrons. The molecule has 2 bridgehead atoms. The highest BCUT2D eigenvalue weighted by molar-refractivity contribution is 6.05. The van der Waals surface area contributed by atoms with Crippen LogP contribution in [-0.2, 0) is 0 Å². The molecule has 21 heavy (non-hydrogen) atoms. The van der Waals surface area contributed by atoms with Crippen molar-refractivity contribution < 1.29 is 4.39 Å². The highest BCUT2D eigenvalue weighted by Gasteiger charge is 2.47. The van der Waals surface area contributed by atoms with Crippen LogP contribution in [-0.4, -0.2) is 34.2 Å². The van der Waals surface area contributed by atoms with Gasteiger partial charge in [0.1, 0.15) is 17.6 Å². The molecule has 1 aliphatic carbocycles. The van der Waals surface area contributed by atoms with Gasteiger partial charge in [0, 0.05) is 48.1 Å². The zero-order valence-electron chi connectivity index (χ0n) is 11.5. The zero-order valence-corrected chi connectivity index (χ0v) is 11.5. The van der Waals surface area contributed by atoms with E-state index in [1.165, 1.54) is 0 Å². The summed E-state index contributed by atoms with van der Waals surface area (Å²) in [7, 11) is 0. The summed E-state index contributed by atoms with van der Waals surface area (Å²) in [5.41, 5.74) is 1.93. The molecule has 106 valence electrons. The van der Waals surface area contributed by atoms with E-state index in [-0.39, 0.29) is 11.8 Å². The molecule has 0 spiro atoms. The van der Waals surface area contributed by atoms with Gasteiger partial charge in [0.25, 0.3) is 0 Å². The first-order valence-corrected chi connectivity index (χ1v) is 7.41. The van der Waals surface area contributed by atoms with Gasteiger partial charge >= 0.3 is 0 Å². The first-order chi connectivity index (χ1) is 10.3. The fourth-order valence-electron chi connectivity index (χ4n) is 3.80. The number of hydrogen-bond acceptors (Lipinski definition) is 3.